The second-order valence-electron chi connectivity index (χ2n) is 3.96. The first-order chi connectivity index (χ1) is 7.06. The highest BCUT2D eigenvalue weighted by molar-refractivity contribution is 9.10. The summed E-state index contributed by atoms with van der Waals surface area (Å²) in [7, 11) is 0. The number of halogens is 2. The Morgan fingerprint density at radius 3 is 2.67 bits per heavy atom. The van der Waals surface area contributed by atoms with Gasteiger partial charge >= 0.3 is 0 Å². The lowest BCUT2D eigenvalue weighted by molar-refractivity contribution is 0.432. The quantitative estimate of drug-likeness (QED) is 0.881. The van der Waals surface area contributed by atoms with Crippen LogP contribution in [0.15, 0.2) is 22.7 Å². The van der Waals surface area contributed by atoms with Gasteiger partial charge in [-0.05, 0) is 30.0 Å². The van der Waals surface area contributed by atoms with Gasteiger partial charge in [-0.2, -0.15) is 0 Å². The summed E-state index contributed by atoms with van der Waals surface area (Å²) in [5, 5.41) is 0. The van der Waals surface area contributed by atoms with Crippen molar-refractivity contribution in [2.75, 3.05) is 0 Å². The van der Waals surface area contributed by atoms with Crippen molar-refractivity contribution in [2.24, 2.45) is 11.7 Å². The molecule has 0 radical (unpaired) electrons. The summed E-state index contributed by atoms with van der Waals surface area (Å²) in [6.07, 6.45) is 2.21. The van der Waals surface area contributed by atoms with Crippen LogP contribution in [0, 0.1) is 11.7 Å². The molecule has 2 N–H and O–H groups in total. The summed E-state index contributed by atoms with van der Waals surface area (Å²) in [5.74, 6) is 0.178. The standard InChI is InChI=1S/C12H17BrFN/c1-3-4-8(2)12(15)10-6-5-9(14)7-11(10)13/h5-8,12H,3-4,15H2,1-2H3. The lowest BCUT2D eigenvalue weighted by atomic mass is 9.92. The lowest BCUT2D eigenvalue weighted by Gasteiger charge is -2.20. The molecule has 0 aliphatic heterocycles. The van der Waals surface area contributed by atoms with E-state index in [0.717, 1.165) is 22.9 Å². The van der Waals surface area contributed by atoms with E-state index in [9.17, 15) is 4.39 Å². The van der Waals surface area contributed by atoms with Crippen LogP contribution in [0.1, 0.15) is 38.3 Å². The molecule has 1 aromatic carbocycles. The van der Waals surface area contributed by atoms with E-state index >= 15 is 0 Å². The predicted molar refractivity (Wildman–Crippen MR) is 65.1 cm³/mol. The Balaban J connectivity index is 2.86. The van der Waals surface area contributed by atoms with E-state index in [0.29, 0.717) is 5.92 Å². The first-order valence-electron chi connectivity index (χ1n) is 5.26. The molecule has 0 amide bonds. The SMILES string of the molecule is CCCC(C)C(N)c1ccc(F)cc1Br. The third-order valence-corrected chi connectivity index (χ3v) is 3.37. The van der Waals surface area contributed by atoms with Crippen LogP contribution >= 0.6 is 15.9 Å². The second kappa shape index (κ2) is 5.61. The van der Waals surface area contributed by atoms with Crippen molar-refractivity contribution in [1.82, 2.24) is 0 Å². The molecule has 15 heavy (non-hydrogen) atoms. The molecule has 0 aliphatic carbocycles. The first kappa shape index (κ1) is 12.7. The maximum absolute atomic E-state index is 12.9. The molecule has 0 heterocycles. The normalized spacial score (nSPS) is 15.0. The number of hydrogen-bond donors (Lipinski definition) is 1. The molecule has 84 valence electrons. The zero-order valence-corrected chi connectivity index (χ0v) is 10.7. The van der Waals surface area contributed by atoms with Crippen molar-refractivity contribution in [1.29, 1.82) is 0 Å². The van der Waals surface area contributed by atoms with E-state index in [1.807, 2.05) is 0 Å². The van der Waals surface area contributed by atoms with Crippen LogP contribution < -0.4 is 5.73 Å². The van der Waals surface area contributed by atoms with Gasteiger partial charge in [0, 0.05) is 10.5 Å². The predicted octanol–water partition coefficient (Wildman–Crippen LogP) is 4.02. The Hall–Kier alpha value is -0.410. The summed E-state index contributed by atoms with van der Waals surface area (Å²) >= 11 is 3.35. The minimum Gasteiger partial charge on any atom is -0.324 e. The zero-order chi connectivity index (χ0) is 11.4. The first-order valence-corrected chi connectivity index (χ1v) is 6.06. The summed E-state index contributed by atoms with van der Waals surface area (Å²) in [5.41, 5.74) is 7.11. The molecule has 0 spiro atoms. The highest BCUT2D eigenvalue weighted by atomic mass is 79.9. The smallest absolute Gasteiger partial charge is 0.124 e. The molecule has 0 bridgehead atoms. The van der Waals surface area contributed by atoms with Gasteiger partial charge in [-0.25, -0.2) is 4.39 Å². The van der Waals surface area contributed by atoms with Crippen LogP contribution in [-0.4, -0.2) is 0 Å². The molecule has 2 atom stereocenters. The van der Waals surface area contributed by atoms with Gasteiger partial charge in [-0.1, -0.05) is 42.3 Å². The molecule has 3 heteroatoms. The van der Waals surface area contributed by atoms with E-state index < -0.39 is 0 Å². The van der Waals surface area contributed by atoms with Crippen molar-refractivity contribution in [2.45, 2.75) is 32.7 Å². The molecule has 1 aromatic rings. The lowest BCUT2D eigenvalue weighted by Crippen LogP contribution is -2.19. The maximum atomic E-state index is 12.9. The summed E-state index contributed by atoms with van der Waals surface area (Å²) in [4.78, 5) is 0. The van der Waals surface area contributed by atoms with Gasteiger partial charge in [-0.3, -0.25) is 0 Å². The van der Waals surface area contributed by atoms with Crippen molar-refractivity contribution >= 4 is 15.9 Å². The van der Waals surface area contributed by atoms with Crippen LogP contribution in [-0.2, 0) is 0 Å². The number of benzene rings is 1. The van der Waals surface area contributed by atoms with Gasteiger partial charge in [0.15, 0.2) is 0 Å². The van der Waals surface area contributed by atoms with E-state index in [2.05, 4.69) is 29.8 Å². The Morgan fingerprint density at radius 2 is 2.13 bits per heavy atom. The summed E-state index contributed by atoms with van der Waals surface area (Å²) < 4.78 is 13.7. The van der Waals surface area contributed by atoms with Crippen molar-refractivity contribution < 1.29 is 4.39 Å². The van der Waals surface area contributed by atoms with Gasteiger partial charge in [0.25, 0.3) is 0 Å². The van der Waals surface area contributed by atoms with Crippen LogP contribution in [0.5, 0.6) is 0 Å². The Bertz CT molecular complexity index is 327. The average molecular weight is 274 g/mol. The monoisotopic (exact) mass is 273 g/mol. The molecule has 0 saturated heterocycles. The summed E-state index contributed by atoms with van der Waals surface area (Å²) in [6.45, 7) is 4.27. The fraction of sp³-hybridized carbons (Fsp3) is 0.500. The molecule has 0 aromatic heterocycles. The van der Waals surface area contributed by atoms with E-state index in [-0.39, 0.29) is 11.9 Å². The Labute approximate surface area is 99.0 Å². The molecular weight excluding hydrogens is 257 g/mol. The number of nitrogens with two attached hydrogens (primary N) is 1. The molecule has 1 rings (SSSR count). The van der Waals surface area contributed by atoms with Crippen molar-refractivity contribution in [3.8, 4) is 0 Å². The van der Waals surface area contributed by atoms with Gasteiger partial charge < -0.3 is 5.73 Å². The number of rotatable bonds is 4. The van der Waals surface area contributed by atoms with Gasteiger partial charge in [-0.15, -0.1) is 0 Å². The third-order valence-electron chi connectivity index (χ3n) is 2.68. The minimum absolute atomic E-state index is 0.0278. The van der Waals surface area contributed by atoms with Crippen LogP contribution in [0.4, 0.5) is 4.39 Å². The minimum atomic E-state index is -0.235. The highest BCUT2D eigenvalue weighted by Crippen LogP contribution is 2.29. The average Bonchev–Trinajstić information content (AvgIpc) is 2.17. The molecule has 1 nitrogen and oxygen atoms in total. The molecular formula is C12H17BrFN. The van der Waals surface area contributed by atoms with Gasteiger partial charge in [0.05, 0.1) is 0 Å². The van der Waals surface area contributed by atoms with E-state index in [1.165, 1.54) is 12.1 Å². The van der Waals surface area contributed by atoms with Crippen LogP contribution in [0.3, 0.4) is 0 Å². The molecule has 2 unspecified atom stereocenters. The van der Waals surface area contributed by atoms with Crippen molar-refractivity contribution in [3.63, 3.8) is 0 Å². The highest BCUT2D eigenvalue weighted by Gasteiger charge is 2.16. The Kier molecular flexibility index (Phi) is 4.74. The molecule has 0 aliphatic rings. The molecule has 0 fully saturated rings. The third kappa shape index (κ3) is 3.28. The summed E-state index contributed by atoms with van der Waals surface area (Å²) in [6, 6.07) is 4.66. The van der Waals surface area contributed by atoms with E-state index in [1.54, 1.807) is 6.07 Å². The zero-order valence-electron chi connectivity index (χ0n) is 9.13. The number of hydrogen-bond acceptors (Lipinski definition) is 1. The van der Waals surface area contributed by atoms with Gasteiger partial charge in [0.2, 0.25) is 0 Å². The maximum Gasteiger partial charge on any atom is 0.124 e. The second-order valence-corrected chi connectivity index (χ2v) is 4.81. The largest absolute Gasteiger partial charge is 0.324 e. The topological polar surface area (TPSA) is 26.0 Å². The van der Waals surface area contributed by atoms with Crippen molar-refractivity contribution in [3.05, 3.63) is 34.1 Å². The fourth-order valence-electron chi connectivity index (χ4n) is 1.71. The van der Waals surface area contributed by atoms with Gasteiger partial charge in [0.1, 0.15) is 5.82 Å². The van der Waals surface area contributed by atoms with Crippen LogP contribution in [0.2, 0.25) is 0 Å². The molecule has 0 saturated carbocycles. The Morgan fingerprint density at radius 1 is 1.47 bits per heavy atom. The van der Waals surface area contributed by atoms with Crippen LogP contribution in [0.25, 0.3) is 0 Å². The van der Waals surface area contributed by atoms with E-state index in [4.69, 9.17) is 5.73 Å². The fourth-order valence-corrected chi connectivity index (χ4v) is 2.33.